The number of nitrogens with one attached hydrogen (secondary N) is 1. The summed E-state index contributed by atoms with van der Waals surface area (Å²) in [5, 5.41) is 11.3. The van der Waals surface area contributed by atoms with Crippen molar-refractivity contribution in [3.8, 4) is 0 Å². The average Bonchev–Trinajstić information content (AvgIpc) is 2.82. The smallest absolute Gasteiger partial charge is 0.325 e. The molecule has 2 rings (SSSR count). The van der Waals surface area contributed by atoms with Gasteiger partial charge in [0.15, 0.2) is 0 Å². The summed E-state index contributed by atoms with van der Waals surface area (Å²) in [6, 6.07) is 5.41. The molecule has 1 fully saturated rings. The minimum Gasteiger partial charge on any atom is -0.396 e. The molecule has 3 amide bonds. The van der Waals surface area contributed by atoms with Crippen LogP contribution in [0.2, 0.25) is 0 Å². The van der Waals surface area contributed by atoms with E-state index in [2.05, 4.69) is 5.32 Å². The van der Waals surface area contributed by atoms with Crippen LogP contribution in [0, 0.1) is 5.82 Å². The van der Waals surface area contributed by atoms with Gasteiger partial charge in [0, 0.05) is 31.9 Å². The zero-order valence-electron chi connectivity index (χ0n) is 11.6. The largest absolute Gasteiger partial charge is 0.396 e. The van der Waals surface area contributed by atoms with Crippen molar-refractivity contribution in [1.29, 1.82) is 0 Å². The molecule has 1 aliphatic rings. The first-order valence-corrected chi connectivity index (χ1v) is 6.81. The number of aliphatic hydroxyl groups is 1. The van der Waals surface area contributed by atoms with Crippen LogP contribution >= 0.6 is 0 Å². The SMILES string of the molecule is O=C(CN1CCN(c2ccc(F)cc2)C1=O)NCCCO. The molecule has 0 spiro atoms. The Hall–Kier alpha value is -2.15. The summed E-state index contributed by atoms with van der Waals surface area (Å²) in [7, 11) is 0. The Morgan fingerprint density at radius 2 is 2.00 bits per heavy atom. The van der Waals surface area contributed by atoms with Crippen molar-refractivity contribution in [1.82, 2.24) is 10.2 Å². The second-order valence-corrected chi connectivity index (χ2v) is 4.76. The predicted molar refractivity (Wildman–Crippen MR) is 75.4 cm³/mol. The summed E-state index contributed by atoms with van der Waals surface area (Å²) in [6.45, 7) is 1.31. The molecule has 1 aromatic carbocycles. The summed E-state index contributed by atoms with van der Waals surface area (Å²) in [6.07, 6.45) is 0.487. The van der Waals surface area contributed by atoms with Gasteiger partial charge in [-0.15, -0.1) is 0 Å². The third-order valence-electron chi connectivity index (χ3n) is 3.22. The third-order valence-corrected chi connectivity index (χ3v) is 3.22. The summed E-state index contributed by atoms with van der Waals surface area (Å²) >= 11 is 0. The second kappa shape index (κ2) is 7.03. The maximum atomic E-state index is 12.9. The summed E-state index contributed by atoms with van der Waals surface area (Å²) < 4.78 is 12.9. The molecule has 0 aliphatic carbocycles. The topological polar surface area (TPSA) is 72.9 Å². The number of rotatable bonds is 6. The molecule has 2 N–H and O–H groups in total. The molecule has 0 atom stereocenters. The van der Waals surface area contributed by atoms with Gasteiger partial charge >= 0.3 is 6.03 Å². The highest BCUT2D eigenvalue weighted by atomic mass is 19.1. The van der Waals surface area contributed by atoms with Gasteiger partial charge in [0.25, 0.3) is 0 Å². The fraction of sp³-hybridized carbons (Fsp3) is 0.429. The van der Waals surface area contributed by atoms with Crippen LogP contribution < -0.4 is 10.2 Å². The van der Waals surface area contributed by atoms with Gasteiger partial charge in [0.1, 0.15) is 12.4 Å². The fourth-order valence-electron chi connectivity index (χ4n) is 2.13. The second-order valence-electron chi connectivity index (χ2n) is 4.76. The molecular formula is C14H18FN3O3. The Morgan fingerprint density at radius 1 is 1.29 bits per heavy atom. The van der Waals surface area contributed by atoms with Gasteiger partial charge in [0.2, 0.25) is 5.91 Å². The fourth-order valence-corrected chi connectivity index (χ4v) is 2.13. The lowest BCUT2D eigenvalue weighted by Crippen LogP contribution is -2.40. The Morgan fingerprint density at radius 3 is 2.67 bits per heavy atom. The molecule has 1 heterocycles. The molecule has 0 bridgehead atoms. The lowest BCUT2D eigenvalue weighted by molar-refractivity contribution is -0.121. The van der Waals surface area contributed by atoms with Crippen molar-refractivity contribution in [2.75, 3.05) is 37.7 Å². The Labute approximate surface area is 122 Å². The van der Waals surface area contributed by atoms with Crippen molar-refractivity contribution >= 4 is 17.6 Å². The van der Waals surface area contributed by atoms with E-state index in [4.69, 9.17) is 5.11 Å². The van der Waals surface area contributed by atoms with Gasteiger partial charge < -0.3 is 15.3 Å². The number of urea groups is 1. The summed E-state index contributed by atoms with van der Waals surface area (Å²) in [4.78, 5) is 26.8. The summed E-state index contributed by atoms with van der Waals surface area (Å²) in [5.74, 6) is -0.608. The third kappa shape index (κ3) is 3.91. The number of carbonyl (C=O) groups is 2. The molecule has 0 unspecified atom stereocenters. The van der Waals surface area contributed by atoms with Crippen LogP contribution in [0.1, 0.15) is 6.42 Å². The first-order valence-electron chi connectivity index (χ1n) is 6.81. The standard InChI is InChI=1S/C14H18FN3O3/c15-11-2-4-12(5-3-11)18-8-7-17(14(18)21)10-13(20)16-6-1-9-19/h2-5,19H,1,6-10H2,(H,16,20). The van der Waals surface area contributed by atoms with E-state index in [1.165, 1.54) is 34.1 Å². The van der Waals surface area contributed by atoms with E-state index in [0.29, 0.717) is 31.7 Å². The number of amides is 3. The van der Waals surface area contributed by atoms with Gasteiger partial charge in [-0.1, -0.05) is 0 Å². The lowest BCUT2D eigenvalue weighted by atomic mass is 10.3. The number of halogens is 1. The number of aliphatic hydroxyl groups excluding tert-OH is 1. The van der Waals surface area contributed by atoms with E-state index in [1.54, 1.807) is 0 Å². The van der Waals surface area contributed by atoms with Gasteiger partial charge in [-0.25, -0.2) is 9.18 Å². The zero-order chi connectivity index (χ0) is 15.2. The normalized spacial score (nSPS) is 14.7. The minimum absolute atomic E-state index is 0.0119. The van der Waals surface area contributed by atoms with Crippen LogP contribution in [0.15, 0.2) is 24.3 Å². The van der Waals surface area contributed by atoms with Crippen molar-refractivity contribution in [2.45, 2.75) is 6.42 Å². The van der Waals surface area contributed by atoms with Crippen LogP contribution in [-0.4, -0.2) is 54.7 Å². The molecule has 0 saturated carbocycles. The van der Waals surface area contributed by atoms with E-state index < -0.39 is 0 Å². The molecule has 1 saturated heterocycles. The highest BCUT2D eigenvalue weighted by Crippen LogP contribution is 2.20. The van der Waals surface area contributed by atoms with E-state index in [0.717, 1.165) is 0 Å². The zero-order valence-corrected chi connectivity index (χ0v) is 11.6. The van der Waals surface area contributed by atoms with Gasteiger partial charge in [0.05, 0.1) is 0 Å². The van der Waals surface area contributed by atoms with Crippen LogP contribution in [0.25, 0.3) is 0 Å². The van der Waals surface area contributed by atoms with Crippen molar-refractivity contribution in [3.05, 3.63) is 30.1 Å². The van der Waals surface area contributed by atoms with Crippen molar-refractivity contribution in [3.63, 3.8) is 0 Å². The lowest BCUT2D eigenvalue weighted by Gasteiger charge is -2.18. The van der Waals surface area contributed by atoms with Crippen LogP contribution in [0.3, 0.4) is 0 Å². The van der Waals surface area contributed by atoms with Crippen molar-refractivity contribution < 1.29 is 19.1 Å². The Bertz CT molecular complexity index is 507. The number of hydrogen-bond donors (Lipinski definition) is 2. The van der Waals surface area contributed by atoms with E-state index in [1.807, 2.05) is 0 Å². The maximum Gasteiger partial charge on any atom is 0.325 e. The van der Waals surface area contributed by atoms with E-state index in [-0.39, 0.29) is 30.9 Å². The molecule has 114 valence electrons. The molecule has 6 nitrogen and oxygen atoms in total. The summed E-state index contributed by atoms with van der Waals surface area (Å²) in [5.41, 5.74) is 0.615. The molecule has 1 aromatic rings. The molecule has 0 aromatic heterocycles. The van der Waals surface area contributed by atoms with Crippen LogP contribution in [0.4, 0.5) is 14.9 Å². The molecular weight excluding hydrogens is 277 g/mol. The number of nitrogens with zero attached hydrogens (tertiary/aromatic N) is 2. The number of benzene rings is 1. The van der Waals surface area contributed by atoms with E-state index in [9.17, 15) is 14.0 Å². The quantitative estimate of drug-likeness (QED) is 0.754. The number of carbonyl (C=O) groups excluding carboxylic acids is 2. The predicted octanol–water partition coefficient (Wildman–Crippen LogP) is 0.566. The number of anilines is 1. The Kier molecular flexibility index (Phi) is 5.10. The molecule has 1 aliphatic heterocycles. The van der Waals surface area contributed by atoms with Gasteiger partial charge in [-0.3, -0.25) is 9.69 Å². The van der Waals surface area contributed by atoms with Crippen LogP contribution in [-0.2, 0) is 4.79 Å². The first-order chi connectivity index (χ1) is 10.1. The van der Waals surface area contributed by atoms with E-state index >= 15 is 0 Å². The highest BCUT2D eigenvalue weighted by molar-refractivity contribution is 5.96. The molecule has 7 heteroatoms. The minimum atomic E-state index is -0.356. The maximum absolute atomic E-state index is 12.9. The Balaban J connectivity index is 1.89. The monoisotopic (exact) mass is 295 g/mol. The van der Waals surface area contributed by atoms with Gasteiger partial charge in [-0.2, -0.15) is 0 Å². The van der Waals surface area contributed by atoms with Crippen molar-refractivity contribution in [2.24, 2.45) is 0 Å². The first kappa shape index (κ1) is 15.2. The highest BCUT2D eigenvalue weighted by Gasteiger charge is 2.30. The molecule has 0 radical (unpaired) electrons. The molecule has 21 heavy (non-hydrogen) atoms. The number of hydrogen-bond acceptors (Lipinski definition) is 3. The van der Waals surface area contributed by atoms with Gasteiger partial charge in [-0.05, 0) is 30.7 Å². The van der Waals surface area contributed by atoms with Crippen LogP contribution in [0.5, 0.6) is 0 Å². The average molecular weight is 295 g/mol.